The van der Waals surface area contributed by atoms with Gasteiger partial charge in [-0.1, -0.05) is 38.5 Å². The van der Waals surface area contributed by atoms with Crippen LogP contribution in [-0.4, -0.2) is 53.3 Å². The van der Waals surface area contributed by atoms with Crippen LogP contribution >= 0.6 is 0 Å². The normalized spacial score (nSPS) is 11.4. The number of carbonyl (C=O) groups excluding carboxylic acids is 2. The van der Waals surface area contributed by atoms with E-state index >= 15 is 0 Å². The number of ether oxygens (including phenoxy) is 1. The first-order valence-corrected chi connectivity index (χ1v) is 12.0. The number of benzene rings is 2. The van der Waals surface area contributed by atoms with Gasteiger partial charge in [0.15, 0.2) is 0 Å². The van der Waals surface area contributed by atoms with E-state index in [2.05, 4.69) is 32.2 Å². The highest BCUT2D eigenvalue weighted by atomic mass is 19.1. The largest absolute Gasteiger partial charge is 0.385 e. The second-order valence-electron chi connectivity index (χ2n) is 9.99. The molecule has 1 aromatic heterocycles. The predicted molar refractivity (Wildman–Crippen MR) is 139 cm³/mol. The van der Waals surface area contributed by atoms with Crippen LogP contribution in [0.25, 0.3) is 5.69 Å². The lowest BCUT2D eigenvalue weighted by Crippen LogP contribution is -2.39. The van der Waals surface area contributed by atoms with Crippen molar-refractivity contribution in [2.24, 2.45) is 0 Å². The number of amides is 2. The van der Waals surface area contributed by atoms with Gasteiger partial charge in [0.1, 0.15) is 18.2 Å². The lowest BCUT2D eigenvalue weighted by Gasteiger charge is -2.22. The maximum Gasteiger partial charge on any atom is 0.254 e. The second-order valence-corrected chi connectivity index (χ2v) is 9.99. The van der Waals surface area contributed by atoms with Crippen molar-refractivity contribution >= 4 is 17.6 Å². The summed E-state index contributed by atoms with van der Waals surface area (Å²) in [6, 6.07) is 13.2. The highest BCUT2D eigenvalue weighted by Crippen LogP contribution is 2.28. The Morgan fingerprint density at radius 3 is 2.39 bits per heavy atom. The Kier molecular flexibility index (Phi) is 8.63. The molecule has 0 aliphatic carbocycles. The van der Waals surface area contributed by atoms with Crippen molar-refractivity contribution in [3.8, 4) is 5.69 Å². The van der Waals surface area contributed by atoms with E-state index < -0.39 is 5.82 Å². The highest BCUT2D eigenvalue weighted by Gasteiger charge is 2.24. The molecule has 0 fully saturated rings. The van der Waals surface area contributed by atoms with E-state index in [9.17, 15) is 14.0 Å². The number of hydrogen-bond donors (Lipinski definition) is 1. The highest BCUT2D eigenvalue weighted by molar-refractivity contribution is 5.99. The molecular formula is C28H35FN4O3. The molecule has 3 rings (SSSR count). The average molecular weight is 495 g/mol. The van der Waals surface area contributed by atoms with Gasteiger partial charge in [-0.2, -0.15) is 5.10 Å². The number of aryl methyl sites for hydroxylation is 2. The Morgan fingerprint density at radius 2 is 1.78 bits per heavy atom. The summed E-state index contributed by atoms with van der Waals surface area (Å²) in [5.41, 5.74) is 3.95. The summed E-state index contributed by atoms with van der Waals surface area (Å²) < 4.78 is 20.2. The smallest absolute Gasteiger partial charge is 0.254 e. The molecule has 8 heteroatoms. The van der Waals surface area contributed by atoms with E-state index in [0.717, 1.165) is 22.5 Å². The lowest BCUT2D eigenvalue weighted by atomic mass is 9.92. The first-order chi connectivity index (χ1) is 17.0. The maximum atomic E-state index is 13.4. The van der Waals surface area contributed by atoms with Crippen LogP contribution in [0.1, 0.15) is 54.4 Å². The van der Waals surface area contributed by atoms with Crippen molar-refractivity contribution in [3.63, 3.8) is 0 Å². The molecule has 0 aliphatic rings. The number of aromatic nitrogens is 2. The molecule has 192 valence electrons. The van der Waals surface area contributed by atoms with E-state index in [1.165, 1.54) is 29.2 Å². The third-order valence-electron chi connectivity index (χ3n) is 5.82. The summed E-state index contributed by atoms with van der Waals surface area (Å²) in [5.74, 6) is -0.596. The maximum absolute atomic E-state index is 13.4. The van der Waals surface area contributed by atoms with Crippen LogP contribution in [0.3, 0.4) is 0 Å². The van der Waals surface area contributed by atoms with Crippen LogP contribution in [0.4, 0.5) is 10.2 Å². The molecular weight excluding hydrogens is 459 g/mol. The number of methoxy groups -OCH3 is 1. The van der Waals surface area contributed by atoms with Crippen LogP contribution in [0.15, 0.2) is 48.5 Å². The van der Waals surface area contributed by atoms with Crippen LogP contribution in [0.2, 0.25) is 0 Å². The fourth-order valence-electron chi connectivity index (χ4n) is 3.85. The molecule has 36 heavy (non-hydrogen) atoms. The zero-order chi connectivity index (χ0) is 26.5. The first kappa shape index (κ1) is 27.1. The Balaban J connectivity index is 1.87. The molecule has 3 aromatic rings. The number of nitrogens with zero attached hydrogens (tertiary/aromatic N) is 3. The van der Waals surface area contributed by atoms with Gasteiger partial charge >= 0.3 is 0 Å². The summed E-state index contributed by atoms with van der Waals surface area (Å²) in [5, 5.41) is 7.75. The number of anilines is 1. The molecule has 0 spiro atoms. The molecule has 2 aromatic carbocycles. The van der Waals surface area contributed by atoms with Gasteiger partial charge in [-0.05, 0) is 56.2 Å². The van der Waals surface area contributed by atoms with Crippen molar-refractivity contribution in [2.75, 3.05) is 32.1 Å². The topological polar surface area (TPSA) is 76.5 Å². The quantitative estimate of drug-likeness (QED) is 0.423. The molecule has 0 aliphatic heterocycles. The minimum atomic E-state index is -0.426. The Morgan fingerprint density at radius 1 is 1.08 bits per heavy atom. The average Bonchev–Trinajstić information content (AvgIpc) is 3.22. The van der Waals surface area contributed by atoms with Crippen LogP contribution in [0, 0.1) is 19.7 Å². The number of nitrogens with one attached hydrogen (secondary N) is 1. The van der Waals surface area contributed by atoms with Crippen molar-refractivity contribution in [2.45, 2.75) is 46.5 Å². The third-order valence-corrected chi connectivity index (χ3v) is 5.82. The van der Waals surface area contributed by atoms with Crippen molar-refractivity contribution < 1.29 is 18.7 Å². The number of rotatable bonds is 9. The summed E-state index contributed by atoms with van der Waals surface area (Å²) >= 11 is 0. The van der Waals surface area contributed by atoms with Crippen LogP contribution in [-0.2, 0) is 14.9 Å². The SMILES string of the molecule is COCCCN(CC(=O)Nc1cc(C(C)(C)C)nn1-c1ccc(C)cc1C)C(=O)c1ccc(F)cc1. The van der Waals surface area contributed by atoms with E-state index in [4.69, 9.17) is 9.84 Å². The standard InChI is InChI=1S/C28H35FN4O3/c1-19-8-13-23(20(2)16-19)33-25(17-24(31-33)28(3,4)5)30-26(34)18-32(14-7-15-36-6)27(35)21-9-11-22(29)12-10-21/h8-13,16-17H,7,14-15,18H2,1-6H3,(H,30,34). The second kappa shape index (κ2) is 11.5. The lowest BCUT2D eigenvalue weighted by molar-refractivity contribution is -0.117. The van der Waals surface area contributed by atoms with Gasteiger partial charge in [0.05, 0.1) is 11.4 Å². The van der Waals surface area contributed by atoms with E-state index in [1.54, 1.807) is 11.8 Å². The van der Waals surface area contributed by atoms with E-state index in [0.29, 0.717) is 31.0 Å². The molecule has 7 nitrogen and oxygen atoms in total. The molecule has 0 saturated carbocycles. The first-order valence-electron chi connectivity index (χ1n) is 12.0. The summed E-state index contributed by atoms with van der Waals surface area (Å²) in [4.78, 5) is 27.7. The zero-order valence-electron chi connectivity index (χ0n) is 21.9. The van der Waals surface area contributed by atoms with Gasteiger partial charge < -0.3 is 15.0 Å². The summed E-state index contributed by atoms with van der Waals surface area (Å²) in [6.45, 7) is 10.8. The van der Waals surface area contributed by atoms with Crippen LogP contribution < -0.4 is 5.32 Å². The van der Waals surface area contributed by atoms with Gasteiger partial charge in [-0.3, -0.25) is 9.59 Å². The van der Waals surface area contributed by atoms with Crippen LogP contribution in [0.5, 0.6) is 0 Å². The Labute approximate surface area is 212 Å². The van der Waals surface area contributed by atoms with Crippen molar-refractivity contribution in [1.29, 1.82) is 0 Å². The minimum absolute atomic E-state index is 0.164. The van der Waals surface area contributed by atoms with Crippen molar-refractivity contribution in [1.82, 2.24) is 14.7 Å². The Hall–Kier alpha value is -3.52. The van der Waals surface area contributed by atoms with Gasteiger partial charge in [0.25, 0.3) is 5.91 Å². The third kappa shape index (κ3) is 6.79. The fourth-order valence-corrected chi connectivity index (χ4v) is 3.85. The predicted octanol–water partition coefficient (Wildman–Crippen LogP) is 5.04. The summed E-state index contributed by atoms with van der Waals surface area (Å²) in [6.07, 6.45) is 0.561. The van der Waals surface area contributed by atoms with E-state index in [-0.39, 0.29) is 23.8 Å². The molecule has 0 unspecified atom stereocenters. The van der Waals surface area contributed by atoms with Gasteiger partial charge in [-0.25, -0.2) is 9.07 Å². The molecule has 0 saturated heterocycles. The van der Waals surface area contributed by atoms with Gasteiger partial charge in [-0.15, -0.1) is 0 Å². The van der Waals surface area contributed by atoms with Gasteiger partial charge in [0.2, 0.25) is 5.91 Å². The number of carbonyl (C=O) groups is 2. The molecule has 0 radical (unpaired) electrons. The molecule has 1 heterocycles. The fraction of sp³-hybridized carbons (Fsp3) is 0.393. The van der Waals surface area contributed by atoms with Gasteiger partial charge in [0, 0.05) is 37.3 Å². The molecule has 2 amide bonds. The molecule has 0 atom stereocenters. The number of hydrogen-bond acceptors (Lipinski definition) is 4. The summed E-state index contributed by atoms with van der Waals surface area (Å²) in [7, 11) is 1.58. The van der Waals surface area contributed by atoms with Crippen molar-refractivity contribution in [3.05, 3.63) is 76.7 Å². The molecule has 1 N–H and O–H groups in total. The Bertz CT molecular complexity index is 1210. The molecule has 0 bridgehead atoms. The van der Waals surface area contributed by atoms with E-state index in [1.807, 2.05) is 32.0 Å². The monoisotopic (exact) mass is 494 g/mol. The zero-order valence-corrected chi connectivity index (χ0v) is 21.9. The number of halogens is 1. The minimum Gasteiger partial charge on any atom is -0.385 e.